The van der Waals surface area contributed by atoms with Gasteiger partial charge in [-0.1, -0.05) is 72.8 Å². The van der Waals surface area contributed by atoms with Gasteiger partial charge in [-0.05, 0) is 36.1 Å². The lowest BCUT2D eigenvalue weighted by Crippen LogP contribution is -2.53. The fraction of sp³-hybridized carbons (Fsp3) is 0.357. The summed E-state index contributed by atoms with van der Waals surface area (Å²) in [4.78, 5) is 13.0. The van der Waals surface area contributed by atoms with Gasteiger partial charge >= 0.3 is 0 Å². The maximum Gasteiger partial charge on any atom is 0.269 e. The molecule has 3 aromatic carbocycles. The van der Waals surface area contributed by atoms with Gasteiger partial charge in [-0.15, -0.1) is 0 Å². The van der Waals surface area contributed by atoms with Crippen molar-refractivity contribution in [1.29, 1.82) is 0 Å². The molecule has 0 bridgehead atoms. The molecule has 1 heterocycles. The second-order valence-corrected chi connectivity index (χ2v) is 8.95. The number of nitrogens with zero attached hydrogens (tertiary/aromatic N) is 2. The van der Waals surface area contributed by atoms with E-state index in [1.807, 2.05) is 31.4 Å². The SMILES string of the molecule is COC(CC1CN(CCCc2ccc([N+](=O)[O-])cc2)CCN1)(c1ccccc1)c1ccccc1. The first kappa shape index (κ1) is 24.1. The van der Waals surface area contributed by atoms with Crippen LogP contribution in [0.1, 0.15) is 29.5 Å². The van der Waals surface area contributed by atoms with E-state index in [0.717, 1.165) is 51.0 Å². The highest BCUT2D eigenvalue weighted by Crippen LogP contribution is 2.38. The summed E-state index contributed by atoms with van der Waals surface area (Å²) in [5.41, 5.74) is 3.11. The first-order valence-electron chi connectivity index (χ1n) is 12.0. The van der Waals surface area contributed by atoms with E-state index in [9.17, 15) is 10.1 Å². The number of nitrogens with one attached hydrogen (secondary N) is 1. The summed E-state index contributed by atoms with van der Waals surface area (Å²) in [6.45, 7) is 3.94. The molecule has 1 atom stereocenters. The topological polar surface area (TPSA) is 67.6 Å². The molecule has 1 aliphatic rings. The van der Waals surface area contributed by atoms with Crippen LogP contribution in [0.25, 0.3) is 0 Å². The normalized spacial score (nSPS) is 16.9. The highest BCUT2D eigenvalue weighted by molar-refractivity contribution is 5.37. The molecule has 1 unspecified atom stereocenters. The van der Waals surface area contributed by atoms with E-state index >= 15 is 0 Å². The molecule has 1 saturated heterocycles. The van der Waals surface area contributed by atoms with Crippen molar-refractivity contribution in [3.05, 3.63) is 112 Å². The van der Waals surface area contributed by atoms with Crippen molar-refractivity contribution in [3.63, 3.8) is 0 Å². The lowest BCUT2D eigenvalue weighted by Gasteiger charge is -2.41. The van der Waals surface area contributed by atoms with Crippen LogP contribution in [0.2, 0.25) is 0 Å². The van der Waals surface area contributed by atoms with Crippen molar-refractivity contribution in [2.45, 2.75) is 30.9 Å². The molecule has 3 aromatic rings. The van der Waals surface area contributed by atoms with Crippen molar-refractivity contribution in [1.82, 2.24) is 10.2 Å². The second-order valence-electron chi connectivity index (χ2n) is 8.95. The van der Waals surface area contributed by atoms with Crippen molar-refractivity contribution in [3.8, 4) is 0 Å². The van der Waals surface area contributed by atoms with Crippen LogP contribution < -0.4 is 5.32 Å². The Kier molecular flexibility index (Phi) is 8.06. The number of piperazine rings is 1. The zero-order valence-corrected chi connectivity index (χ0v) is 19.7. The van der Waals surface area contributed by atoms with Crippen molar-refractivity contribution >= 4 is 5.69 Å². The third kappa shape index (κ3) is 5.70. The zero-order chi connectivity index (χ0) is 23.8. The number of aryl methyl sites for hydroxylation is 1. The Hall–Kier alpha value is -3.06. The monoisotopic (exact) mass is 459 g/mol. The van der Waals surface area contributed by atoms with E-state index < -0.39 is 5.60 Å². The molecule has 1 aliphatic heterocycles. The molecule has 0 aliphatic carbocycles. The summed E-state index contributed by atoms with van der Waals surface area (Å²) in [6, 6.07) is 28.2. The number of hydrogen-bond donors (Lipinski definition) is 1. The van der Waals surface area contributed by atoms with Crippen LogP contribution >= 0.6 is 0 Å². The van der Waals surface area contributed by atoms with Crippen molar-refractivity contribution in [2.24, 2.45) is 0 Å². The number of ether oxygens (including phenoxy) is 1. The number of nitro benzene ring substituents is 1. The van der Waals surface area contributed by atoms with Gasteiger partial charge < -0.3 is 15.0 Å². The smallest absolute Gasteiger partial charge is 0.269 e. The van der Waals surface area contributed by atoms with Gasteiger partial charge in [0.25, 0.3) is 5.69 Å². The first-order chi connectivity index (χ1) is 16.6. The van der Waals surface area contributed by atoms with Gasteiger partial charge in [0.05, 0.1) is 4.92 Å². The Morgan fingerprint density at radius 2 is 1.62 bits per heavy atom. The average Bonchev–Trinajstić information content (AvgIpc) is 2.89. The quantitative estimate of drug-likeness (QED) is 0.349. The standard InChI is InChI=1S/C28H33N3O3/c1-34-28(24-10-4-2-5-11-24,25-12-6-3-7-13-25)21-26-22-30(20-18-29-26)19-8-9-23-14-16-27(17-15-23)31(32)33/h2-7,10-17,26,29H,8-9,18-22H2,1H3. The maximum absolute atomic E-state index is 10.8. The fourth-order valence-corrected chi connectivity index (χ4v) is 5.01. The minimum atomic E-state index is -0.512. The summed E-state index contributed by atoms with van der Waals surface area (Å²) >= 11 is 0. The Labute approximate surface area is 201 Å². The summed E-state index contributed by atoms with van der Waals surface area (Å²) in [5.74, 6) is 0. The molecule has 0 amide bonds. The first-order valence-corrected chi connectivity index (χ1v) is 12.0. The molecular formula is C28H33N3O3. The predicted octanol–water partition coefficient (Wildman–Crippen LogP) is 4.78. The zero-order valence-electron chi connectivity index (χ0n) is 19.7. The molecule has 0 spiro atoms. The predicted molar refractivity (Wildman–Crippen MR) is 135 cm³/mol. The highest BCUT2D eigenvalue weighted by Gasteiger charge is 2.38. The molecule has 1 N–H and O–H groups in total. The molecule has 6 nitrogen and oxygen atoms in total. The molecule has 1 fully saturated rings. The van der Waals surface area contributed by atoms with Gasteiger partial charge in [0.1, 0.15) is 5.60 Å². The lowest BCUT2D eigenvalue weighted by atomic mass is 9.80. The van der Waals surface area contributed by atoms with Crippen molar-refractivity contribution in [2.75, 3.05) is 33.3 Å². The number of nitro groups is 1. The lowest BCUT2D eigenvalue weighted by molar-refractivity contribution is -0.384. The third-order valence-electron chi connectivity index (χ3n) is 6.79. The average molecular weight is 460 g/mol. The molecule has 0 aromatic heterocycles. The second kappa shape index (κ2) is 11.4. The minimum Gasteiger partial charge on any atom is -0.369 e. The number of benzene rings is 3. The molecule has 0 radical (unpaired) electrons. The summed E-state index contributed by atoms with van der Waals surface area (Å²) in [5, 5.41) is 14.6. The number of methoxy groups -OCH3 is 1. The number of hydrogen-bond acceptors (Lipinski definition) is 5. The van der Waals surface area contributed by atoms with Crippen LogP contribution in [-0.4, -0.2) is 49.2 Å². The molecule has 4 rings (SSSR count). The van der Waals surface area contributed by atoms with Gasteiger partial charge in [-0.2, -0.15) is 0 Å². The van der Waals surface area contributed by atoms with Crippen molar-refractivity contribution < 1.29 is 9.66 Å². The largest absolute Gasteiger partial charge is 0.369 e. The van der Waals surface area contributed by atoms with Gasteiger partial charge in [0.2, 0.25) is 0 Å². The van der Waals surface area contributed by atoms with E-state index in [4.69, 9.17) is 4.74 Å². The van der Waals surface area contributed by atoms with Gasteiger partial charge in [0, 0.05) is 51.3 Å². The van der Waals surface area contributed by atoms with E-state index in [0.29, 0.717) is 6.04 Å². The Morgan fingerprint density at radius 3 is 2.18 bits per heavy atom. The molecular weight excluding hydrogens is 426 g/mol. The van der Waals surface area contributed by atoms with Crippen LogP contribution in [0.4, 0.5) is 5.69 Å². The van der Waals surface area contributed by atoms with E-state index in [-0.39, 0.29) is 10.6 Å². The van der Waals surface area contributed by atoms with E-state index in [1.54, 1.807) is 12.1 Å². The van der Waals surface area contributed by atoms with E-state index in [2.05, 4.69) is 58.7 Å². The van der Waals surface area contributed by atoms with E-state index in [1.165, 1.54) is 11.1 Å². The highest BCUT2D eigenvalue weighted by atomic mass is 16.6. The van der Waals surface area contributed by atoms with Crippen LogP contribution in [0.15, 0.2) is 84.9 Å². The molecule has 34 heavy (non-hydrogen) atoms. The van der Waals surface area contributed by atoms with Gasteiger partial charge in [-0.25, -0.2) is 0 Å². The summed E-state index contributed by atoms with van der Waals surface area (Å²) < 4.78 is 6.31. The Bertz CT molecular complexity index is 1000. The fourth-order valence-electron chi connectivity index (χ4n) is 5.01. The molecule has 6 heteroatoms. The van der Waals surface area contributed by atoms with Gasteiger partial charge in [-0.3, -0.25) is 10.1 Å². The molecule has 0 saturated carbocycles. The summed E-state index contributed by atoms with van der Waals surface area (Å²) in [6.07, 6.45) is 2.79. The van der Waals surface area contributed by atoms with Gasteiger partial charge in [0.15, 0.2) is 0 Å². The van der Waals surface area contributed by atoms with Crippen LogP contribution in [0, 0.1) is 10.1 Å². The van der Waals surface area contributed by atoms with Crippen LogP contribution in [0.5, 0.6) is 0 Å². The molecule has 178 valence electrons. The minimum absolute atomic E-state index is 0.146. The van der Waals surface area contributed by atoms with Crippen LogP contribution in [-0.2, 0) is 16.8 Å². The number of rotatable bonds is 10. The Morgan fingerprint density at radius 1 is 1.00 bits per heavy atom. The third-order valence-corrected chi connectivity index (χ3v) is 6.79. The number of non-ortho nitro benzene ring substituents is 1. The van der Waals surface area contributed by atoms with Crippen LogP contribution in [0.3, 0.4) is 0 Å². The Balaban J connectivity index is 1.40. The maximum atomic E-state index is 10.8. The summed E-state index contributed by atoms with van der Waals surface area (Å²) in [7, 11) is 1.81.